The summed E-state index contributed by atoms with van der Waals surface area (Å²) in [7, 11) is 0. The highest BCUT2D eigenvalue weighted by Gasteiger charge is 2.18. The molecule has 1 aromatic rings. The molecule has 5 heteroatoms. The standard InChI is InChI=1S/C14H18BrNO3/c15-12-5-11(6-13-14(12)19-9-18-13)7-16-3-1-10-2-4-17-8-10/h5-6,10,16H,1-4,7-9H2. The molecular weight excluding hydrogens is 310 g/mol. The van der Waals surface area contributed by atoms with Gasteiger partial charge in [0, 0.05) is 19.8 Å². The maximum Gasteiger partial charge on any atom is 0.231 e. The first-order chi connectivity index (χ1) is 9.33. The molecule has 1 saturated heterocycles. The lowest BCUT2D eigenvalue weighted by Crippen LogP contribution is -2.18. The normalized spacial score (nSPS) is 21.0. The first kappa shape index (κ1) is 13.2. The monoisotopic (exact) mass is 327 g/mol. The third kappa shape index (κ3) is 3.22. The molecule has 2 aliphatic rings. The van der Waals surface area contributed by atoms with E-state index in [4.69, 9.17) is 14.2 Å². The molecule has 1 atom stereocenters. The fraction of sp³-hybridized carbons (Fsp3) is 0.571. The Morgan fingerprint density at radius 3 is 3.11 bits per heavy atom. The van der Waals surface area contributed by atoms with Crippen LogP contribution in [0.3, 0.4) is 0 Å². The number of rotatable bonds is 5. The van der Waals surface area contributed by atoms with E-state index in [9.17, 15) is 0 Å². The molecule has 104 valence electrons. The van der Waals surface area contributed by atoms with Crippen molar-refractivity contribution in [2.75, 3.05) is 26.6 Å². The zero-order valence-electron chi connectivity index (χ0n) is 10.8. The molecule has 2 heterocycles. The van der Waals surface area contributed by atoms with Crippen LogP contribution >= 0.6 is 15.9 Å². The van der Waals surface area contributed by atoms with Crippen LogP contribution in [-0.2, 0) is 11.3 Å². The van der Waals surface area contributed by atoms with Gasteiger partial charge in [0.2, 0.25) is 6.79 Å². The summed E-state index contributed by atoms with van der Waals surface area (Å²) in [5.41, 5.74) is 1.21. The van der Waals surface area contributed by atoms with Gasteiger partial charge < -0.3 is 19.5 Å². The Morgan fingerprint density at radius 1 is 1.32 bits per heavy atom. The van der Waals surface area contributed by atoms with E-state index in [2.05, 4.69) is 27.3 Å². The minimum absolute atomic E-state index is 0.312. The Kier molecular flexibility index (Phi) is 4.25. The Hall–Kier alpha value is -0.780. The summed E-state index contributed by atoms with van der Waals surface area (Å²) in [6.07, 6.45) is 2.39. The van der Waals surface area contributed by atoms with Crippen molar-refractivity contribution in [3.63, 3.8) is 0 Å². The van der Waals surface area contributed by atoms with Crippen LogP contribution in [0, 0.1) is 5.92 Å². The molecule has 2 aliphatic heterocycles. The van der Waals surface area contributed by atoms with E-state index < -0.39 is 0 Å². The van der Waals surface area contributed by atoms with E-state index in [1.54, 1.807) is 0 Å². The van der Waals surface area contributed by atoms with Crippen LogP contribution in [0.15, 0.2) is 16.6 Å². The van der Waals surface area contributed by atoms with Gasteiger partial charge in [0.1, 0.15) is 0 Å². The second-order valence-corrected chi connectivity index (χ2v) is 5.86. The summed E-state index contributed by atoms with van der Waals surface area (Å²) >= 11 is 3.51. The second kappa shape index (κ2) is 6.11. The van der Waals surface area contributed by atoms with Crippen molar-refractivity contribution in [3.8, 4) is 11.5 Å². The Labute approximate surface area is 121 Å². The van der Waals surface area contributed by atoms with Crippen LogP contribution in [0.2, 0.25) is 0 Å². The lowest BCUT2D eigenvalue weighted by atomic mass is 10.1. The van der Waals surface area contributed by atoms with Crippen LogP contribution in [-0.4, -0.2) is 26.6 Å². The maximum absolute atomic E-state index is 5.41. The van der Waals surface area contributed by atoms with Gasteiger partial charge in [0.05, 0.1) is 4.47 Å². The highest BCUT2D eigenvalue weighted by atomic mass is 79.9. The molecule has 4 nitrogen and oxygen atoms in total. The van der Waals surface area contributed by atoms with Gasteiger partial charge in [0.15, 0.2) is 11.5 Å². The maximum atomic E-state index is 5.41. The van der Waals surface area contributed by atoms with E-state index >= 15 is 0 Å². The molecule has 0 spiro atoms. The average molecular weight is 328 g/mol. The van der Waals surface area contributed by atoms with Gasteiger partial charge in [-0.05, 0) is 58.9 Å². The minimum atomic E-state index is 0.312. The summed E-state index contributed by atoms with van der Waals surface area (Å²) in [6, 6.07) is 4.12. The zero-order valence-corrected chi connectivity index (χ0v) is 12.4. The van der Waals surface area contributed by atoms with Crippen LogP contribution < -0.4 is 14.8 Å². The van der Waals surface area contributed by atoms with Gasteiger partial charge >= 0.3 is 0 Å². The third-order valence-corrected chi connectivity index (χ3v) is 4.16. The van der Waals surface area contributed by atoms with Crippen molar-refractivity contribution in [3.05, 3.63) is 22.2 Å². The van der Waals surface area contributed by atoms with Gasteiger partial charge in [0.25, 0.3) is 0 Å². The molecule has 0 aliphatic carbocycles. The third-order valence-electron chi connectivity index (χ3n) is 3.57. The van der Waals surface area contributed by atoms with Gasteiger partial charge in [-0.15, -0.1) is 0 Å². The summed E-state index contributed by atoms with van der Waals surface area (Å²) in [5, 5.41) is 3.47. The Balaban J connectivity index is 1.48. The quantitative estimate of drug-likeness (QED) is 0.844. The molecule has 0 radical (unpaired) electrons. The fourth-order valence-electron chi connectivity index (χ4n) is 2.47. The largest absolute Gasteiger partial charge is 0.454 e. The van der Waals surface area contributed by atoms with E-state index in [1.165, 1.54) is 18.4 Å². The van der Waals surface area contributed by atoms with Crippen molar-refractivity contribution in [1.29, 1.82) is 0 Å². The lowest BCUT2D eigenvalue weighted by Gasteiger charge is -2.09. The number of fused-ring (bicyclic) bond motifs is 1. The number of hydrogen-bond acceptors (Lipinski definition) is 4. The minimum Gasteiger partial charge on any atom is -0.454 e. The van der Waals surface area contributed by atoms with Crippen molar-refractivity contribution in [2.45, 2.75) is 19.4 Å². The van der Waals surface area contributed by atoms with E-state index in [-0.39, 0.29) is 0 Å². The highest BCUT2D eigenvalue weighted by molar-refractivity contribution is 9.10. The highest BCUT2D eigenvalue weighted by Crippen LogP contribution is 2.39. The van der Waals surface area contributed by atoms with Crippen molar-refractivity contribution in [1.82, 2.24) is 5.32 Å². The predicted octanol–water partition coefficient (Wildman–Crippen LogP) is 2.69. The number of hydrogen-bond donors (Lipinski definition) is 1. The first-order valence-electron chi connectivity index (χ1n) is 6.69. The number of ether oxygens (including phenoxy) is 3. The smallest absolute Gasteiger partial charge is 0.231 e. The molecule has 1 N–H and O–H groups in total. The van der Waals surface area contributed by atoms with Crippen LogP contribution in [0.5, 0.6) is 11.5 Å². The number of halogens is 1. The molecule has 1 unspecified atom stereocenters. The van der Waals surface area contributed by atoms with E-state index in [0.29, 0.717) is 6.79 Å². The van der Waals surface area contributed by atoms with Crippen LogP contribution in [0.1, 0.15) is 18.4 Å². The van der Waals surface area contributed by atoms with E-state index in [0.717, 1.165) is 48.2 Å². The Morgan fingerprint density at radius 2 is 2.26 bits per heavy atom. The van der Waals surface area contributed by atoms with Gasteiger partial charge in [-0.3, -0.25) is 0 Å². The summed E-state index contributed by atoms with van der Waals surface area (Å²) < 4.78 is 17.1. The van der Waals surface area contributed by atoms with Crippen molar-refractivity contribution in [2.24, 2.45) is 5.92 Å². The Bertz CT molecular complexity index is 447. The zero-order chi connectivity index (χ0) is 13.1. The topological polar surface area (TPSA) is 39.7 Å². The summed E-state index contributed by atoms with van der Waals surface area (Å²) in [6.45, 7) is 4.05. The first-order valence-corrected chi connectivity index (χ1v) is 7.49. The molecule has 0 bridgehead atoms. The lowest BCUT2D eigenvalue weighted by molar-refractivity contribution is 0.173. The fourth-order valence-corrected chi connectivity index (χ4v) is 3.08. The summed E-state index contributed by atoms with van der Waals surface area (Å²) in [5.74, 6) is 2.37. The molecule has 3 rings (SSSR count). The molecule has 0 aromatic heterocycles. The van der Waals surface area contributed by atoms with Gasteiger partial charge in [-0.1, -0.05) is 0 Å². The number of nitrogens with one attached hydrogen (secondary N) is 1. The number of benzene rings is 1. The van der Waals surface area contributed by atoms with Crippen molar-refractivity contribution >= 4 is 15.9 Å². The molecule has 0 amide bonds. The molecular formula is C14H18BrNO3. The van der Waals surface area contributed by atoms with Crippen LogP contribution in [0.25, 0.3) is 0 Å². The van der Waals surface area contributed by atoms with Gasteiger partial charge in [-0.2, -0.15) is 0 Å². The molecule has 1 fully saturated rings. The van der Waals surface area contributed by atoms with Crippen LogP contribution in [0.4, 0.5) is 0 Å². The van der Waals surface area contributed by atoms with Crippen molar-refractivity contribution < 1.29 is 14.2 Å². The molecule has 1 aromatic carbocycles. The second-order valence-electron chi connectivity index (χ2n) is 5.01. The molecule has 19 heavy (non-hydrogen) atoms. The SMILES string of the molecule is Brc1cc(CNCCC2CCOC2)cc2c1OCO2. The van der Waals surface area contributed by atoms with E-state index in [1.807, 2.05) is 6.07 Å². The molecule has 0 saturated carbocycles. The summed E-state index contributed by atoms with van der Waals surface area (Å²) in [4.78, 5) is 0. The average Bonchev–Trinajstić information content (AvgIpc) is 3.05. The van der Waals surface area contributed by atoms with Gasteiger partial charge in [-0.25, -0.2) is 0 Å². The predicted molar refractivity (Wildman–Crippen MR) is 75.5 cm³/mol.